The van der Waals surface area contributed by atoms with E-state index in [1.54, 1.807) is 11.3 Å². The number of rotatable bonds is 6. The summed E-state index contributed by atoms with van der Waals surface area (Å²) in [6.45, 7) is 3.62. The van der Waals surface area contributed by atoms with Crippen molar-refractivity contribution < 1.29 is 9.59 Å². The molecule has 1 aliphatic carbocycles. The smallest absolute Gasteiger partial charge is 0.239 e. The molecular weight excluding hydrogens is 466 g/mol. The number of carbonyl (C=O) groups is 2. The maximum Gasteiger partial charge on any atom is 0.239 e. The Labute approximate surface area is 209 Å². The Morgan fingerprint density at radius 2 is 1.71 bits per heavy atom. The van der Waals surface area contributed by atoms with E-state index in [1.807, 2.05) is 48.5 Å². The molecule has 5 rings (SSSR count). The number of anilines is 2. The first kappa shape index (κ1) is 23.1. The minimum atomic E-state index is -0.0584. The number of hydrogen-bond acceptors (Lipinski definition) is 5. The number of nitrogens with zero attached hydrogens (tertiary/aromatic N) is 2. The number of aryl methyl sites for hydroxylation is 1. The van der Waals surface area contributed by atoms with Crippen LogP contribution in [-0.2, 0) is 17.6 Å². The predicted molar refractivity (Wildman–Crippen MR) is 140 cm³/mol. The van der Waals surface area contributed by atoms with Crippen molar-refractivity contribution in [1.82, 2.24) is 4.90 Å². The van der Waals surface area contributed by atoms with Crippen LogP contribution in [0, 0.1) is 0 Å². The Hall–Kier alpha value is -2.67. The highest BCUT2D eigenvalue weighted by Gasteiger charge is 2.27. The molecule has 3 aromatic rings. The highest BCUT2D eigenvalue weighted by Crippen LogP contribution is 2.39. The third-order valence-corrected chi connectivity index (χ3v) is 8.04. The summed E-state index contributed by atoms with van der Waals surface area (Å²) < 4.78 is 0. The molecule has 1 amide bonds. The Kier molecular flexibility index (Phi) is 6.99. The van der Waals surface area contributed by atoms with Gasteiger partial charge in [-0.25, -0.2) is 0 Å². The second-order valence-electron chi connectivity index (χ2n) is 8.90. The molecule has 5 nitrogen and oxygen atoms in total. The molecular formula is C27H28ClN3O2S. The number of ketones is 1. The largest absolute Gasteiger partial charge is 0.369 e. The van der Waals surface area contributed by atoms with Crippen LogP contribution in [0.4, 0.5) is 10.7 Å². The molecule has 0 bridgehead atoms. The van der Waals surface area contributed by atoms with E-state index in [-0.39, 0.29) is 11.7 Å². The first-order valence-corrected chi connectivity index (χ1v) is 13.0. The van der Waals surface area contributed by atoms with Crippen LogP contribution in [0.1, 0.15) is 39.2 Å². The molecule has 1 aliphatic heterocycles. The molecule has 2 aromatic carbocycles. The monoisotopic (exact) mass is 493 g/mol. The van der Waals surface area contributed by atoms with Crippen LogP contribution in [0.25, 0.3) is 0 Å². The molecule has 0 spiro atoms. The summed E-state index contributed by atoms with van der Waals surface area (Å²) in [6.07, 6.45) is 4.11. The fourth-order valence-corrected chi connectivity index (χ4v) is 6.32. The average Bonchev–Trinajstić information content (AvgIpc) is 3.22. The van der Waals surface area contributed by atoms with Gasteiger partial charge in [0.15, 0.2) is 5.78 Å². The molecule has 0 unspecified atom stereocenters. The zero-order valence-electron chi connectivity index (χ0n) is 19.1. The first-order chi connectivity index (χ1) is 16.6. The summed E-state index contributed by atoms with van der Waals surface area (Å²) in [4.78, 5) is 32.1. The van der Waals surface area contributed by atoms with Gasteiger partial charge in [0.05, 0.1) is 12.1 Å². The van der Waals surface area contributed by atoms with E-state index in [1.165, 1.54) is 4.88 Å². The van der Waals surface area contributed by atoms with Crippen molar-refractivity contribution in [2.45, 2.75) is 25.7 Å². The fourth-order valence-electron chi connectivity index (χ4n) is 4.83. The van der Waals surface area contributed by atoms with Crippen molar-refractivity contribution in [3.63, 3.8) is 0 Å². The highest BCUT2D eigenvalue weighted by atomic mass is 35.5. The molecule has 1 fully saturated rings. The Morgan fingerprint density at radius 3 is 2.47 bits per heavy atom. The Bertz CT molecular complexity index is 1190. The molecule has 0 radical (unpaired) electrons. The van der Waals surface area contributed by atoms with Crippen molar-refractivity contribution in [2.75, 3.05) is 42.9 Å². The summed E-state index contributed by atoms with van der Waals surface area (Å²) in [5, 5.41) is 4.55. The summed E-state index contributed by atoms with van der Waals surface area (Å²) in [5.74, 6) is -0.0534. The number of halogens is 1. The quantitative estimate of drug-likeness (QED) is 0.475. The second kappa shape index (κ2) is 10.3. The minimum absolute atomic E-state index is 0.00503. The van der Waals surface area contributed by atoms with Crippen molar-refractivity contribution in [1.29, 1.82) is 0 Å². The van der Waals surface area contributed by atoms with E-state index in [0.717, 1.165) is 68.1 Å². The van der Waals surface area contributed by atoms with Crippen LogP contribution in [-0.4, -0.2) is 49.3 Å². The van der Waals surface area contributed by atoms with E-state index in [0.29, 0.717) is 22.7 Å². The normalized spacial score (nSPS) is 16.2. The molecule has 1 N–H and O–H groups in total. The standard InChI is InChI=1S/C27H28ClN3O2S/c28-20-9-6-10-21(17-20)31-15-13-30(14-16-31)18-24(32)29-27-25(22-11-4-5-12-23(22)34-27)26(33)19-7-2-1-3-8-19/h1-3,6-10,17H,4-5,11-16,18H2,(H,29,32). The van der Waals surface area contributed by atoms with E-state index >= 15 is 0 Å². The van der Waals surface area contributed by atoms with Gasteiger partial charge in [-0.15, -0.1) is 11.3 Å². The molecule has 0 saturated carbocycles. The van der Waals surface area contributed by atoms with Gasteiger partial charge in [-0.1, -0.05) is 48.0 Å². The minimum Gasteiger partial charge on any atom is -0.369 e. The van der Waals surface area contributed by atoms with Crippen LogP contribution in [0.15, 0.2) is 54.6 Å². The topological polar surface area (TPSA) is 52.7 Å². The molecule has 34 heavy (non-hydrogen) atoms. The van der Waals surface area contributed by atoms with Gasteiger partial charge in [0.2, 0.25) is 5.91 Å². The first-order valence-electron chi connectivity index (χ1n) is 11.9. The van der Waals surface area contributed by atoms with Crippen LogP contribution < -0.4 is 10.2 Å². The lowest BCUT2D eigenvalue weighted by Gasteiger charge is -2.35. The Morgan fingerprint density at radius 1 is 0.941 bits per heavy atom. The van der Waals surface area contributed by atoms with Gasteiger partial charge < -0.3 is 10.2 Å². The number of nitrogens with one attached hydrogen (secondary N) is 1. The number of thiophene rings is 1. The van der Waals surface area contributed by atoms with Crippen LogP contribution in [0.5, 0.6) is 0 Å². The van der Waals surface area contributed by atoms with Gasteiger partial charge in [-0.2, -0.15) is 0 Å². The van der Waals surface area contributed by atoms with Crippen molar-refractivity contribution in [3.8, 4) is 0 Å². The number of piperazine rings is 1. The highest BCUT2D eigenvalue weighted by molar-refractivity contribution is 7.17. The maximum atomic E-state index is 13.4. The van der Waals surface area contributed by atoms with Crippen molar-refractivity contribution >= 4 is 45.3 Å². The lowest BCUT2D eigenvalue weighted by molar-refractivity contribution is -0.117. The summed E-state index contributed by atoms with van der Waals surface area (Å²) in [6, 6.07) is 17.3. The lowest BCUT2D eigenvalue weighted by atomic mass is 9.92. The number of carbonyl (C=O) groups excluding carboxylic acids is 2. The van der Waals surface area contributed by atoms with Gasteiger partial charge in [-0.05, 0) is 49.4 Å². The van der Waals surface area contributed by atoms with Crippen LogP contribution in [0.2, 0.25) is 5.02 Å². The van der Waals surface area contributed by atoms with Gasteiger partial charge in [0.25, 0.3) is 0 Å². The van der Waals surface area contributed by atoms with Crippen molar-refractivity contribution in [3.05, 3.63) is 81.2 Å². The number of benzene rings is 2. The van der Waals surface area contributed by atoms with Gasteiger partial charge in [0.1, 0.15) is 5.00 Å². The predicted octanol–water partition coefficient (Wildman–Crippen LogP) is 5.27. The summed E-state index contributed by atoms with van der Waals surface area (Å²) in [7, 11) is 0. The lowest BCUT2D eigenvalue weighted by Crippen LogP contribution is -2.48. The van der Waals surface area contributed by atoms with Gasteiger partial charge >= 0.3 is 0 Å². The molecule has 7 heteroatoms. The van der Waals surface area contributed by atoms with Gasteiger partial charge in [-0.3, -0.25) is 14.5 Å². The molecule has 1 aromatic heterocycles. The fraction of sp³-hybridized carbons (Fsp3) is 0.333. The van der Waals surface area contributed by atoms with E-state index < -0.39 is 0 Å². The SMILES string of the molecule is O=C(CN1CCN(c2cccc(Cl)c2)CC1)Nc1sc2c(c1C(=O)c1ccccc1)CCCC2. The van der Waals surface area contributed by atoms with E-state index in [9.17, 15) is 9.59 Å². The third-order valence-electron chi connectivity index (χ3n) is 6.60. The summed E-state index contributed by atoms with van der Waals surface area (Å²) >= 11 is 7.72. The third kappa shape index (κ3) is 5.04. The molecule has 1 saturated heterocycles. The molecule has 0 atom stereocenters. The molecule has 2 heterocycles. The zero-order valence-corrected chi connectivity index (χ0v) is 20.6. The van der Waals surface area contributed by atoms with Crippen LogP contribution >= 0.6 is 22.9 Å². The Balaban J connectivity index is 1.26. The van der Waals surface area contributed by atoms with Crippen molar-refractivity contribution in [2.24, 2.45) is 0 Å². The average molecular weight is 494 g/mol. The van der Waals surface area contributed by atoms with E-state index in [2.05, 4.69) is 21.2 Å². The van der Waals surface area contributed by atoms with Gasteiger partial charge in [0, 0.05) is 47.3 Å². The summed E-state index contributed by atoms with van der Waals surface area (Å²) in [5.41, 5.74) is 3.62. The number of amides is 1. The number of hydrogen-bond donors (Lipinski definition) is 1. The molecule has 176 valence electrons. The number of fused-ring (bicyclic) bond motifs is 1. The second-order valence-corrected chi connectivity index (χ2v) is 10.4. The molecule has 2 aliphatic rings. The maximum absolute atomic E-state index is 13.4. The van der Waals surface area contributed by atoms with E-state index in [4.69, 9.17) is 11.6 Å². The van der Waals surface area contributed by atoms with Crippen LogP contribution in [0.3, 0.4) is 0 Å². The zero-order chi connectivity index (χ0) is 23.5.